The van der Waals surface area contributed by atoms with Crippen molar-refractivity contribution in [3.8, 4) is 11.3 Å². The molecule has 0 aliphatic carbocycles. The van der Waals surface area contributed by atoms with Gasteiger partial charge in [0.15, 0.2) is 4.34 Å². The molecule has 140 valence electrons. The second kappa shape index (κ2) is 7.69. The molecule has 0 fully saturated rings. The molecule has 0 saturated heterocycles. The molecule has 7 heteroatoms. The van der Waals surface area contributed by atoms with E-state index in [1.165, 1.54) is 28.7 Å². The monoisotopic (exact) mass is 406 g/mol. The third-order valence-corrected chi connectivity index (χ3v) is 6.58. The van der Waals surface area contributed by atoms with Crippen molar-refractivity contribution in [1.29, 1.82) is 0 Å². The molecule has 4 aromatic rings. The maximum atomic E-state index is 11.2. The molecule has 2 aromatic heterocycles. The van der Waals surface area contributed by atoms with Crippen molar-refractivity contribution in [2.24, 2.45) is 5.73 Å². The number of carbonyl (C=O) groups excluding carboxylic acids is 1. The highest BCUT2D eigenvalue weighted by molar-refractivity contribution is 8.01. The Hall–Kier alpha value is -2.77. The first-order valence-corrected chi connectivity index (χ1v) is 10.4. The first-order valence-electron chi connectivity index (χ1n) is 8.76. The smallest absolute Gasteiger partial charge is 0.222 e. The van der Waals surface area contributed by atoms with E-state index >= 15 is 0 Å². The number of nitrogens with two attached hydrogens (primary N) is 1. The number of aryl methyl sites for hydroxylation is 2. The Balaban J connectivity index is 1.74. The molecule has 4 rings (SSSR count). The van der Waals surface area contributed by atoms with Crippen LogP contribution in [0.2, 0.25) is 0 Å². The molecule has 2 heterocycles. The molecule has 2 N–H and O–H groups in total. The molecule has 0 unspecified atom stereocenters. The van der Waals surface area contributed by atoms with Gasteiger partial charge in [0, 0.05) is 21.2 Å². The number of thiazole rings is 1. The Morgan fingerprint density at radius 3 is 2.46 bits per heavy atom. The van der Waals surface area contributed by atoms with Gasteiger partial charge in [-0.05, 0) is 25.6 Å². The lowest BCUT2D eigenvalue weighted by molar-refractivity contribution is -0.117. The van der Waals surface area contributed by atoms with Crippen LogP contribution in [0, 0.1) is 13.8 Å². The van der Waals surface area contributed by atoms with Crippen LogP contribution in [0.4, 0.5) is 0 Å². The van der Waals surface area contributed by atoms with Crippen LogP contribution >= 0.6 is 23.1 Å². The Kier molecular flexibility index (Phi) is 5.11. The number of rotatable bonds is 5. The lowest BCUT2D eigenvalue weighted by Gasteiger charge is -2.08. The van der Waals surface area contributed by atoms with Crippen molar-refractivity contribution in [1.82, 2.24) is 15.2 Å². The van der Waals surface area contributed by atoms with Crippen LogP contribution in [-0.2, 0) is 11.2 Å². The van der Waals surface area contributed by atoms with Gasteiger partial charge in [0.25, 0.3) is 0 Å². The van der Waals surface area contributed by atoms with Crippen molar-refractivity contribution in [3.05, 3.63) is 64.7 Å². The summed E-state index contributed by atoms with van der Waals surface area (Å²) >= 11 is 2.94. The molecule has 0 radical (unpaired) electrons. The van der Waals surface area contributed by atoms with Crippen LogP contribution in [0.15, 0.2) is 57.9 Å². The Morgan fingerprint density at radius 1 is 1.04 bits per heavy atom. The van der Waals surface area contributed by atoms with E-state index in [1.807, 2.05) is 19.1 Å². The molecule has 0 aliphatic rings. The van der Waals surface area contributed by atoms with Crippen molar-refractivity contribution in [2.75, 3.05) is 0 Å². The van der Waals surface area contributed by atoms with Gasteiger partial charge in [-0.15, -0.1) is 21.5 Å². The van der Waals surface area contributed by atoms with E-state index in [0.29, 0.717) is 0 Å². The fourth-order valence-corrected chi connectivity index (χ4v) is 5.15. The maximum absolute atomic E-state index is 11.2. The maximum Gasteiger partial charge on any atom is 0.222 e. The zero-order valence-corrected chi connectivity index (χ0v) is 17.1. The number of benzene rings is 2. The normalized spacial score (nSPS) is 11.1. The standard InChI is InChI=1S/C21H18N4OS2/c1-12-7-9-14(10-8-12)19-15-5-3-4-6-16(15)20(25-24-19)28-21-23-13(2)17(27-21)11-18(22)26/h3-10H,11H2,1-2H3,(H2,22,26). The number of nitrogens with zero attached hydrogens (tertiary/aromatic N) is 3. The van der Waals surface area contributed by atoms with Gasteiger partial charge in [0.1, 0.15) is 10.7 Å². The van der Waals surface area contributed by atoms with E-state index in [9.17, 15) is 4.79 Å². The van der Waals surface area contributed by atoms with E-state index in [-0.39, 0.29) is 12.3 Å². The summed E-state index contributed by atoms with van der Waals surface area (Å²) in [6, 6.07) is 16.4. The minimum Gasteiger partial charge on any atom is -0.369 e. The zero-order chi connectivity index (χ0) is 19.7. The largest absolute Gasteiger partial charge is 0.369 e. The molecule has 1 amide bonds. The molecule has 0 spiro atoms. The number of hydrogen-bond donors (Lipinski definition) is 1. The Morgan fingerprint density at radius 2 is 1.75 bits per heavy atom. The van der Waals surface area contributed by atoms with Gasteiger partial charge in [-0.1, -0.05) is 54.1 Å². The van der Waals surface area contributed by atoms with Crippen LogP contribution < -0.4 is 5.73 Å². The highest BCUT2D eigenvalue weighted by Crippen LogP contribution is 2.37. The number of fused-ring (bicyclic) bond motifs is 1. The van der Waals surface area contributed by atoms with Crippen molar-refractivity contribution >= 4 is 39.8 Å². The minimum absolute atomic E-state index is 0.211. The second-order valence-electron chi connectivity index (χ2n) is 6.50. The summed E-state index contributed by atoms with van der Waals surface area (Å²) in [4.78, 5) is 16.7. The van der Waals surface area contributed by atoms with Gasteiger partial charge in [0.05, 0.1) is 12.1 Å². The van der Waals surface area contributed by atoms with Crippen molar-refractivity contribution in [2.45, 2.75) is 29.6 Å². The third kappa shape index (κ3) is 3.76. The first-order chi connectivity index (χ1) is 13.5. The van der Waals surface area contributed by atoms with Crippen LogP contribution in [0.5, 0.6) is 0 Å². The summed E-state index contributed by atoms with van der Waals surface area (Å²) in [7, 11) is 0. The molecule has 2 aromatic carbocycles. The fraction of sp³-hybridized carbons (Fsp3) is 0.143. The van der Waals surface area contributed by atoms with Crippen molar-refractivity contribution in [3.63, 3.8) is 0 Å². The van der Waals surface area contributed by atoms with E-state index in [0.717, 1.165) is 42.0 Å². The molecule has 5 nitrogen and oxygen atoms in total. The summed E-state index contributed by atoms with van der Waals surface area (Å²) in [6.07, 6.45) is 0.211. The number of primary amides is 1. The SMILES string of the molecule is Cc1ccc(-c2nnc(Sc3nc(C)c(CC(N)=O)s3)c3ccccc23)cc1. The van der Waals surface area contributed by atoms with E-state index < -0.39 is 0 Å². The molecular weight excluding hydrogens is 388 g/mol. The van der Waals surface area contributed by atoms with Crippen LogP contribution in [-0.4, -0.2) is 21.1 Å². The fourth-order valence-electron chi connectivity index (χ4n) is 2.93. The number of aromatic nitrogens is 3. The molecule has 0 aliphatic heterocycles. The van der Waals surface area contributed by atoms with Gasteiger partial charge in [0.2, 0.25) is 5.91 Å². The van der Waals surface area contributed by atoms with Crippen molar-refractivity contribution < 1.29 is 4.79 Å². The van der Waals surface area contributed by atoms with Gasteiger partial charge >= 0.3 is 0 Å². The second-order valence-corrected chi connectivity index (χ2v) is 8.82. The lowest BCUT2D eigenvalue weighted by Crippen LogP contribution is -2.13. The summed E-state index contributed by atoms with van der Waals surface area (Å²) in [5, 5.41) is 11.9. The summed E-state index contributed by atoms with van der Waals surface area (Å²) in [6.45, 7) is 3.96. The average molecular weight is 407 g/mol. The van der Waals surface area contributed by atoms with Crippen LogP contribution in [0.3, 0.4) is 0 Å². The molecule has 0 saturated carbocycles. The van der Waals surface area contributed by atoms with Gasteiger partial charge < -0.3 is 5.73 Å². The highest BCUT2D eigenvalue weighted by atomic mass is 32.2. The van der Waals surface area contributed by atoms with Crippen LogP contribution in [0.1, 0.15) is 16.1 Å². The average Bonchev–Trinajstić information content (AvgIpc) is 3.01. The molecule has 28 heavy (non-hydrogen) atoms. The van der Waals surface area contributed by atoms with E-state index in [2.05, 4.69) is 58.5 Å². The highest BCUT2D eigenvalue weighted by Gasteiger charge is 2.15. The zero-order valence-electron chi connectivity index (χ0n) is 15.5. The first kappa shape index (κ1) is 18.6. The lowest BCUT2D eigenvalue weighted by atomic mass is 10.0. The van der Waals surface area contributed by atoms with E-state index in [4.69, 9.17) is 5.73 Å². The Bertz CT molecular complexity index is 1170. The van der Waals surface area contributed by atoms with Gasteiger partial charge in [-0.25, -0.2) is 4.98 Å². The van der Waals surface area contributed by atoms with Crippen LogP contribution in [0.25, 0.3) is 22.0 Å². The van der Waals surface area contributed by atoms with E-state index in [1.54, 1.807) is 0 Å². The minimum atomic E-state index is -0.351. The summed E-state index contributed by atoms with van der Waals surface area (Å²) in [5.74, 6) is -0.351. The van der Waals surface area contributed by atoms with Gasteiger partial charge in [-0.3, -0.25) is 4.79 Å². The van der Waals surface area contributed by atoms with Gasteiger partial charge in [-0.2, -0.15) is 0 Å². The predicted molar refractivity (Wildman–Crippen MR) is 114 cm³/mol. The Labute approximate surface area is 171 Å². The number of amides is 1. The molecule has 0 atom stereocenters. The topological polar surface area (TPSA) is 81.8 Å². The summed E-state index contributed by atoms with van der Waals surface area (Å²) < 4.78 is 0.830. The summed E-state index contributed by atoms with van der Waals surface area (Å²) in [5.41, 5.74) is 9.27. The third-order valence-electron chi connectivity index (χ3n) is 4.37. The number of hydrogen-bond acceptors (Lipinski definition) is 6. The molecule has 0 bridgehead atoms. The number of carbonyl (C=O) groups is 1. The quantitative estimate of drug-likeness (QED) is 0.526. The predicted octanol–water partition coefficient (Wildman–Crippen LogP) is 4.55. The molecular formula is C21H18N4OS2.